The Morgan fingerprint density at radius 1 is 0.842 bits per heavy atom. The lowest BCUT2D eigenvalue weighted by Gasteiger charge is -2.40. The predicted molar refractivity (Wildman–Crippen MR) is 144 cm³/mol. The number of unbranched alkanes of at least 4 members (excludes halogenated alkanes) is 11. The second-order valence-corrected chi connectivity index (χ2v) is 10.6. The minimum Gasteiger partial charge on any atom is -0.460 e. The van der Waals surface area contributed by atoms with E-state index >= 15 is 0 Å². The Labute approximate surface area is 228 Å². The summed E-state index contributed by atoms with van der Waals surface area (Å²) >= 11 is 0. The van der Waals surface area contributed by atoms with E-state index < -0.39 is 61.5 Å². The van der Waals surface area contributed by atoms with Crippen molar-refractivity contribution in [2.75, 3.05) is 13.2 Å². The van der Waals surface area contributed by atoms with Gasteiger partial charge in [0, 0.05) is 6.42 Å². The number of hydrogen-bond donors (Lipinski definition) is 6. The van der Waals surface area contributed by atoms with Gasteiger partial charge in [-0.2, -0.15) is 0 Å². The molecule has 0 radical (unpaired) electrons. The summed E-state index contributed by atoms with van der Waals surface area (Å²) in [6.45, 7) is 3.27. The zero-order valence-corrected chi connectivity index (χ0v) is 23.6. The first kappa shape index (κ1) is 35.2. The van der Waals surface area contributed by atoms with E-state index in [4.69, 9.17) is 19.9 Å². The summed E-state index contributed by atoms with van der Waals surface area (Å²) in [6, 6.07) is -0.959. The van der Waals surface area contributed by atoms with Gasteiger partial charge in [-0.1, -0.05) is 84.5 Å². The molecule has 0 bridgehead atoms. The van der Waals surface area contributed by atoms with Crippen molar-refractivity contribution in [1.29, 1.82) is 0 Å². The van der Waals surface area contributed by atoms with Gasteiger partial charge in [0.15, 0.2) is 6.29 Å². The van der Waals surface area contributed by atoms with Gasteiger partial charge in [0.05, 0.1) is 19.3 Å². The van der Waals surface area contributed by atoms with Crippen LogP contribution in [-0.4, -0.2) is 93.7 Å². The standard InChI is InChI=1S/C28H55NO9/c1-3-5-6-7-8-9-10-11-12-13-14-15-17-21(37-23(31)16-4-2)24(32)20(29)19-36-28-27(35)26(34)25(33)22(18-30)38-28/h20-22,24-28,30,32-35H,3-19,29H2,1-2H3/t20-,21+,22?,24-,25-,26-,27?,28-/m0/s1. The second-order valence-electron chi connectivity index (χ2n) is 10.6. The number of aliphatic hydroxyl groups excluding tert-OH is 5. The van der Waals surface area contributed by atoms with Crippen LogP contribution in [0, 0.1) is 0 Å². The predicted octanol–water partition coefficient (Wildman–Crippen LogP) is 2.29. The van der Waals surface area contributed by atoms with Gasteiger partial charge >= 0.3 is 5.97 Å². The molecule has 1 fully saturated rings. The molecule has 0 amide bonds. The van der Waals surface area contributed by atoms with E-state index in [1.54, 1.807) is 0 Å². The van der Waals surface area contributed by atoms with E-state index in [1.807, 2.05) is 6.92 Å². The molecule has 10 heteroatoms. The molecule has 10 nitrogen and oxygen atoms in total. The molecule has 7 N–H and O–H groups in total. The van der Waals surface area contributed by atoms with E-state index in [0.717, 1.165) is 19.3 Å². The summed E-state index contributed by atoms with van der Waals surface area (Å²) in [7, 11) is 0. The Kier molecular flexibility index (Phi) is 19.4. The Morgan fingerprint density at radius 3 is 1.92 bits per heavy atom. The van der Waals surface area contributed by atoms with Crippen LogP contribution in [0.25, 0.3) is 0 Å². The first-order chi connectivity index (χ1) is 18.3. The molecule has 8 atom stereocenters. The Balaban J connectivity index is 2.43. The SMILES string of the molecule is CCCCCCCCCCCCCC[C@@H](OC(=O)CCC)[C@@H](O)[C@@H](N)CO[C@H]1OC(CO)[C@H](O)[C@H](O)C1O. The van der Waals surface area contributed by atoms with Crippen LogP contribution < -0.4 is 5.73 Å². The molecular weight excluding hydrogens is 494 g/mol. The largest absolute Gasteiger partial charge is 0.460 e. The zero-order valence-electron chi connectivity index (χ0n) is 23.6. The van der Waals surface area contributed by atoms with Crippen molar-refractivity contribution in [3.05, 3.63) is 0 Å². The molecule has 0 saturated carbocycles. The van der Waals surface area contributed by atoms with Crippen LogP contribution in [0.4, 0.5) is 0 Å². The quantitative estimate of drug-likeness (QED) is 0.0869. The van der Waals surface area contributed by atoms with Gasteiger partial charge in [-0.15, -0.1) is 0 Å². The summed E-state index contributed by atoms with van der Waals surface area (Å²) in [5.41, 5.74) is 6.13. The molecule has 0 aromatic rings. The fourth-order valence-electron chi connectivity index (χ4n) is 4.70. The van der Waals surface area contributed by atoms with Crippen LogP contribution in [0.1, 0.15) is 110 Å². The third kappa shape index (κ3) is 13.5. The van der Waals surface area contributed by atoms with E-state index in [0.29, 0.717) is 12.8 Å². The van der Waals surface area contributed by atoms with Gasteiger partial charge in [-0.05, 0) is 19.3 Å². The highest BCUT2D eigenvalue weighted by Gasteiger charge is 2.44. The monoisotopic (exact) mass is 549 g/mol. The Morgan fingerprint density at radius 2 is 1.39 bits per heavy atom. The maximum Gasteiger partial charge on any atom is 0.306 e. The average molecular weight is 550 g/mol. The highest BCUT2D eigenvalue weighted by atomic mass is 16.7. The summed E-state index contributed by atoms with van der Waals surface area (Å²) in [6.07, 6.45) is 6.73. The third-order valence-corrected chi connectivity index (χ3v) is 7.20. The van der Waals surface area contributed by atoms with Crippen molar-refractivity contribution in [3.8, 4) is 0 Å². The normalized spacial score (nSPS) is 26.2. The number of ether oxygens (including phenoxy) is 3. The number of hydrogen-bond acceptors (Lipinski definition) is 10. The number of aliphatic hydroxyl groups is 5. The first-order valence-corrected chi connectivity index (χ1v) is 14.8. The minimum absolute atomic E-state index is 0.248. The fraction of sp³-hybridized carbons (Fsp3) is 0.964. The van der Waals surface area contributed by atoms with Gasteiger partial charge in [0.1, 0.15) is 36.6 Å². The van der Waals surface area contributed by atoms with Gasteiger partial charge in [0.25, 0.3) is 0 Å². The van der Waals surface area contributed by atoms with Crippen molar-refractivity contribution in [2.24, 2.45) is 5.73 Å². The smallest absolute Gasteiger partial charge is 0.306 e. The maximum absolute atomic E-state index is 12.1. The summed E-state index contributed by atoms with van der Waals surface area (Å²) in [5.74, 6) is -0.391. The van der Waals surface area contributed by atoms with Gasteiger partial charge < -0.3 is 45.5 Å². The molecule has 1 aliphatic heterocycles. The molecule has 0 aromatic carbocycles. The summed E-state index contributed by atoms with van der Waals surface area (Å²) in [5, 5.41) is 50.1. The van der Waals surface area contributed by atoms with Gasteiger partial charge in [-0.3, -0.25) is 4.79 Å². The molecule has 38 heavy (non-hydrogen) atoms. The lowest BCUT2D eigenvalue weighted by atomic mass is 9.98. The molecule has 2 unspecified atom stereocenters. The Bertz CT molecular complexity index is 595. The van der Waals surface area contributed by atoms with Crippen molar-refractivity contribution >= 4 is 5.97 Å². The first-order valence-electron chi connectivity index (χ1n) is 14.8. The number of carbonyl (C=O) groups is 1. The van der Waals surface area contributed by atoms with Crippen molar-refractivity contribution in [1.82, 2.24) is 0 Å². The molecule has 0 aliphatic carbocycles. The topological polar surface area (TPSA) is 172 Å². The van der Waals surface area contributed by atoms with Crippen LogP contribution in [0.5, 0.6) is 0 Å². The van der Waals surface area contributed by atoms with E-state index in [1.165, 1.54) is 57.8 Å². The minimum atomic E-state index is -1.57. The van der Waals surface area contributed by atoms with Crippen LogP contribution in [0.2, 0.25) is 0 Å². The van der Waals surface area contributed by atoms with E-state index in [-0.39, 0.29) is 13.0 Å². The number of esters is 1. The molecule has 0 aromatic heterocycles. The number of rotatable bonds is 22. The maximum atomic E-state index is 12.1. The van der Waals surface area contributed by atoms with Crippen LogP contribution in [-0.2, 0) is 19.0 Å². The zero-order chi connectivity index (χ0) is 28.3. The highest BCUT2D eigenvalue weighted by molar-refractivity contribution is 5.69. The molecule has 226 valence electrons. The van der Waals surface area contributed by atoms with Crippen LogP contribution >= 0.6 is 0 Å². The molecule has 1 saturated heterocycles. The fourth-order valence-corrected chi connectivity index (χ4v) is 4.70. The molecule has 1 rings (SSSR count). The summed E-state index contributed by atoms with van der Waals surface area (Å²) in [4.78, 5) is 12.1. The average Bonchev–Trinajstić information content (AvgIpc) is 2.90. The van der Waals surface area contributed by atoms with Crippen molar-refractivity contribution < 1.29 is 44.5 Å². The number of nitrogens with two attached hydrogens (primary N) is 1. The third-order valence-electron chi connectivity index (χ3n) is 7.20. The lowest BCUT2D eigenvalue weighted by molar-refractivity contribution is -0.302. The second kappa shape index (κ2) is 21.0. The van der Waals surface area contributed by atoms with E-state index in [9.17, 15) is 30.3 Å². The molecule has 1 heterocycles. The Hall–Kier alpha value is -0.850. The molecule has 1 aliphatic rings. The van der Waals surface area contributed by atoms with Gasteiger partial charge in [0.2, 0.25) is 0 Å². The molecular formula is C28H55NO9. The summed E-state index contributed by atoms with van der Waals surface area (Å²) < 4.78 is 16.3. The van der Waals surface area contributed by atoms with E-state index in [2.05, 4.69) is 6.92 Å². The van der Waals surface area contributed by atoms with Crippen molar-refractivity contribution in [2.45, 2.75) is 159 Å². The molecule has 0 spiro atoms. The van der Waals surface area contributed by atoms with Crippen LogP contribution in [0.15, 0.2) is 0 Å². The van der Waals surface area contributed by atoms with Crippen molar-refractivity contribution in [3.63, 3.8) is 0 Å². The van der Waals surface area contributed by atoms with Crippen LogP contribution in [0.3, 0.4) is 0 Å². The number of carbonyl (C=O) groups excluding carboxylic acids is 1. The highest BCUT2D eigenvalue weighted by Crippen LogP contribution is 2.23. The van der Waals surface area contributed by atoms with Gasteiger partial charge in [-0.25, -0.2) is 0 Å². The lowest BCUT2D eigenvalue weighted by Crippen LogP contribution is -2.60.